The third-order valence-electron chi connectivity index (χ3n) is 6.46. The zero-order valence-electron chi connectivity index (χ0n) is 18.9. The van der Waals surface area contributed by atoms with Crippen molar-refractivity contribution in [1.82, 2.24) is 25.2 Å². The van der Waals surface area contributed by atoms with Crippen LogP contribution in [-0.2, 0) is 9.59 Å². The number of amides is 2. The molecule has 0 unspecified atom stereocenters. The molecule has 1 atom stereocenters. The van der Waals surface area contributed by atoms with Gasteiger partial charge < -0.3 is 15.5 Å². The zero-order chi connectivity index (χ0) is 22.6. The Labute approximate surface area is 189 Å². The SMILES string of the molecule is CC(=O)NC1(CC(=O)N2CCC[C@H]2c2cc(Nc3cnccn3)cc(C)n2)CCCCC1. The summed E-state index contributed by atoms with van der Waals surface area (Å²) in [4.78, 5) is 40.4. The van der Waals surface area contributed by atoms with Gasteiger partial charge in [-0.3, -0.25) is 19.6 Å². The van der Waals surface area contributed by atoms with Gasteiger partial charge in [0.15, 0.2) is 0 Å². The van der Waals surface area contributed by atoms with Crippen LogP contribution in [0, 0.1) is 6.92 Å². The first-order valence-electron chi connectivity index (χ1n) is 11.5. The van der Waals surface area contributed by atoms with Crippen LogP contribution in [0.5, 0.6) is 0 Å². The van der Waals surface area contributed by atoms with Gasteiger partial charge in [0.1, 0.15) is 5.82 Å². The number of carbonyl (C=O) groups excluding carboxylic acids is 2. The number of likely N-dealkylation sites (tertiary alicyclic amines) is 1. The number of aryl methyl sites for hydroxylation is 1. The average Bonchev–Trinajstić information content (AvgIpc) is 3.24. The van der Waals surface area contributed by atoms with E-state index in [0.717, 1.165) is 68.6 Å². The second-order valence-corrected chi connectivity index (χ2v) is 9.08. The van der Waals surface area contributed by atoms with E-state index in [1.807, 2.05) is 24.0 Å². The van der Waals surface area contributed by atoms with Crippen LogP contribution in [0.3, 0.4) is 0 Å². The summed E-state index contributed by atoms with van der Waals surface area (Å²) >= 11 is 0. The fourth-order valence-electron chi connectivity index (χ4n) is 5.16. The van der Waals surface area contributed by atoms with Gasteiger partial charge in [0.25, 0.3) is 0 Å². The number of pyridine rings is 1. The van der Waals surface area contributed by atoms with Crippen LogP contribution in [0.15, 0.2) is 30.7 Å². The lowest BCUT2D eigenvalue weighted by molar-refractivity contribution is -0.135. The molecule has 8 heteroatoms. The summed E-state index contributed by atoms with van der Waals surface area (Å²) in [7, 11) is 0. The molecular weight excluding hydrogens is 404 g/mol. The fourth-order valence-corrected chi connectivity index (χ4v) is 5.16. The Kier molecular flexibility index (Phi) is 6.67. The Morgan fingerprint density at radius 2 is 1.97 bits per heavy atom. The minimum absolute atomic E-state index is 0.0530. The second-order valence-electron chi connectivity index (χ2n) is 9.08. The molecule has 2 aromatic heterocycles. The molecule has 2 aliphatic rings. The predicted molar refractivity (Wildman–Crippen MR) is 122 cm³/mol. The summed E-state index contributed by atoms with van der Waals surface area (Å²) in [5.74, 6) is 0.714. The van der Waals surface area contributed by atoms with Crippen LogP contribution in [-0.4, -0.2) is 43.7 Å². The van der Waals surface area contributed by atoms with Crippen LogP contribution in [0.2, 0.25) is 0 Å². The maximum atomic E-state index is 13.5. The summed E-state index contributed by atoms with van der Waals surface area (Å²) in [5, 5.41) is 6.41. The van der Waals surface area contributed by atoms with Gasteiger partial charge in [-0.05, 0) is 44.7 Å². The maximum Gasteiger partial charge on any atom is 0.225 e. The lowest BCUT2D eigenvalue weighted by Crippen LogP contribution is -2.52. The largest absolute Gasteiger partial charge is 0.350 e. The molecule has 2 fully saturated rings. The molecule has 1 saturated carbocycles. The Morgan fingerprint density at radius 3 is 2.69 bits per heavy atom. The van der Waals surface area contributed by atoms with Crippen LogP contribution < -0.4 is 10.6 Å². The lowest BCUT2D eigenvalue weighted by Gasteiger charge is -2.39. The molecule has 1 aliphatic carbocycles. The predicted octanol–water partition coefficient (Wildman–Crippen LogP) is 3.82. The van der Waals surface area contributed by atoms with E-state index in [0.29, 0.717) is 12.2 Å². The van der Waals surface area contributed by atoms with E-state index in [9.17, 15) is 9.59 Å². The molecule has 170 valence electrons. The van der Waals surface area contributed by atoms with E-state index >= 15 is 0 Å². The lowest BCUT2D eigenvalue weighted by atomic mass is 9.78. The Morgan fingerprint density at radius 1 is 1.16 bits per heavy atom. The number of hydrogen-bond acceptors (Lipinski definition) is 6. The second kappa shape index (κ2) is 9.63. The smallest absolute Gasteiger partial charge is 0.225 e. The number of nitrogens with one attached hydrogen (secondary N) is 2. The molecule has 3 heterocycles. The summed E-state index contributed by atoms with van der Waals surface area (Å²) in [6, 6.07) is 3.91. The highest BCUT2D eigenvalue weighted by atomic mass is 16.2. The highest BCUT2D eigenvalue weighted by Crippen LogP contribution is 2.37. The molecule has 0 aromatic carbocycles. The molecule has 0 bridgehead atoms. The number of aromatic nitrogens is 3. The molecule has 1 aliphatic heterocycles. The van der Waals surface area contributed by atoms with Crippen molar-refractivity contribution in [2.24, 2.45) is 0 Å². The van der Waals surface area contributed by atoms with Crippen LogP contribution in [0.1, 0.15) is 75.7 Å². The van der Waals surface area contributed by atoms with Gasteiger partial charge in [-0.1, -0.05) is 19.3 Å². The Bertz CT molecular complexity index is 958. The zero-order valence-corrected chi connectivity index (χ0v) is 18.9. The van der Waals surface area contributed by atoms with Crippen molar-refractivity contribution in [3.63, 3.8) is 0 Å². The van der Waals surface area contributed by atoms with Crippen molar-refractivity contribution in [2.75, 3.05) is 11.9 Å². The molecule has 2 aromatic rings. The average molecular weight is 437 g/mol. The number of carbonyl (C=O) groups is 2. The van der Waals surface area contributed by atoms with Crippen molar-refractivity contribution in [3.05, 3.63) is 42.1 Å². The highest BCUT2D eigenvalue weighted by molar-refractivity contribution is 5.80. The number of hydrogen-bond donors (Lipinski definition) is 2. The van der Waals surface area contributed by atoms with Gasteiger partial charge in [-0.25, -0.2) is 4.98 Å². The van der Waals surface area contributed by atoms with Crippen molar-refractivity contribution in [3.8, 4) is 0 Å². The first kappa shape index (κ1) is 22.2. The summed E-state index contributed by atoms with van der Waals surface area (Å²) in [6.07, 6.45) is 12.1. The standard InChI is InChI=1S/C24H32N6O2/c1-17-13-19(28-22-16-25-10-11-26-22)14-20(27-17)21-7-6-12-30(21)23(32)15-24(29-18(2)31)8-4-3-5-9-24/h10-11,13-14,16,21H,3-9,12,15H2,1-2H3,(H,29,31)(H,26,27,28)/t21-/m0/s1. The van der Waals surface area contributed by atoms with Gasteiger partial charge in [-0.2, -0.15) is 0 Å². The number of rotatable bonds is 6. The van der Waals surface area contributed by atoms with Gasteiger partial charge in [-0.15, -0.1) is 0 Å². The van der Waals surface area contributed by atoms with Crippen LogP contribution in [0.25, 0.3) is 0 Å². The molecule has 32 heavy (non-hydrogen) atoms. The first-order chi connectivity index (χ1) is 15.4. The van der Waals surface area contributed by atoms with E-state index in [1.54, 1.807) is 25.5 Å². The third-order valence-corrected chi connectivity index (χ3v) is 6.46. The molecule has 0 spiro atoms. The number of nitrogens with zero attached hydrogens (tertiary/aromatic N) is 4. The summed E-state index contributed by atoms with van der Waals surface area (Å²) in [5.41, 5.74) is 2.25. The molecule has 2 amide bonds. The summed E-state index contributed by atoms with van der Waals surface area (Å²) < 4.78 is 0. The molecule has 4 rings (SSSR count). The Balaban J connectivity index is 1.52. The molecule has 1 saturated heterocycles. The van der Waals surface area contributed by atoms with Gasteiger partial charge >= 0.3 is 0 Å². The van der Waals surface area contributed by atoms with E-state index in [1.165, 1.54) is 0 Å². The van der Waals surface area contributed by atoms with Gasteiger partial charge in [0, 0.05) is 49.2 Å². The highest BCUT2D eigenvalue weighted by Gasteiger charge is 2.39. The van der Waals surface area contributed by atoms with Gasteiger partial charge in [0.05, 0.1) is 17.9 Å². The molecule has 2 N–H and O–H groups in total. The van der Waals surface area contributed by atoms with Crippen LogP contribution in [0.4, 0.5) is 11.5 Å². The summed E-state index contributed by atoms with van der Waals surface area (Å²) in [6.45, 7) is 4.23. The van der Waals surface area contributed by atoms with Crippen LogP contribution >= 0.6 is 0 Å². The Hall–Kier alpha value is -3.03. The maximum absolute atomic E-state index is 13.5. The molecule has 0 radical (unpaired) electrons. The van der Waals surface area contributed by atoms with Crippen molar-refractivity contribution in [1.29, 1.82) is 0 Å². The minimum Gasteiger partial charge on any atom is -0.350 e. The quantitative estimate of drug-likeness (QED) is 0.714. The monoisotopic (exact) mass is 436 g/mol. The van der Waals surface area contributed by atoms with E-state index in [-0.39, 0.29) is 17.9 Å². The fraction of sp³-hybridized carbons (Fsp3) is 0.542. The van der Waals surface area contributed by atoms with E-state index in [4.69, 9.17) is 4.98 Å². The van der Waals surface area contributed by atoms with E-state index in [2.05, 4.69) is 20.6 Å². The molecular formula is C24H32N6O2. The number of anilines is 2. The minimum atomic E-state index is -0.410. The van der Waals surface area contributed by atoms with E-state index < -0.39 is 5.54 Å². The first-order valence-corrected chi connectivity index (χ1v) is 11.5. The van der Waals surface area contributed by atoms with Crippen molar-refractivity contribution < 1.29 is 9.59 Å². The van der Waals surface area contributed by atoms with Gasteiger partial charge in [0.2, 0.25) is 11.8 Å². The topological polar surface area (TPSA) is 100 Å². The molecule has 8 nitrogen and oxygen atoms in total. The normalized spacial score (nSPS) is 20.1. The van der Waals surface area contributed by atoms with Crippen molar-refractivity contribution in [2.45, 2.75) is 76.8 Å². The van der Waals surface area contributed by atoms with Crippen molar-refractivity contribution >= 4 is 23.3 Å². The third kappa shape index (κ3) is 5.23.